The first-order valence-electron chi connectivity index (χ1n) is 8.18. The molecule has 2 aromatic carbocycles. The number of rotatable bonds is 8. The van der Waals surface area contributed by atoms with Crippen molar-refractivity contribution in [3.05, 3.63) is 75.8 Å². The molecule has 0 fully saturated rings. The van der Waals surface area contributed by atoms with Gasteiger partial charge in [-0.15, -0.1) is 10.2 Å². The molecule has 0 aliphatic rings. The summed E-state index contributed by atoms with van der Waals surface area (Å²) < 4.78 is 1.69. The van der Waals surface area contributed by atoms with Gasteiger partial charge in [0.2, 0.25) is 5.95 Å². The molecule has 1 N–H and O–H groups in total. The molecule has 142 valence electrons. The van der Waals surface area contributed by atoms with Crippen molar-refractivity contribution in [3.8, 4) is 0 Å². The lowest BCUT2D eigenvalue weighted by molar-refractivity contribution is -0.384. The average molecular weight is 396 g/mol. The fraction of sp³-hybridized carbons (Fsp3) is 0.111. The predicted molar refractivity (Wildman–Crippen MR) is 107 cm³/mol. The number of nitrogens with one attached hydrogen (secondary N) is 1. The van der Waals surface area contributed by atoms with Gasteiger partial charge in [-0.2, -0.15) is 5.10 Å². The number of hydrogen-bond donors (Lipinski definition) is 1. The molecule has 9 nitrogen and oxygen atoms in total. The number of nitrogens with zero attached hydrogens (tertiary/aromatic N) is 5. The van der Waals surface area contributed by atoms with Gasteiger partial charge in [-0.1, -0.05) is 42.1 Å². The van der Waals surface area contributed by atoms with Crippen LogP contribution in [0.5, 0.6) is 0 Å². The van der Waals surface area contributed by atoms with Gasteiger partial charge in [0, 0.05) is 24.7 Å². The van der Waals surface area contributed by atoms with Crippen molar-refractivity contribution < 1.29 is 9.72 Å². The maximum Gasteiger partial charge on any atom is 0.269 e. The molecule has 1 aromatic heterocycles. The zero-order valence-corrected chi connectivity index (χ0v) is 15.7. The van der Waals surface area contributed by atoms with Crippen LogP contribution in [0.25, 0.3) is 0 Å². The van der Waals surface area contributed by atoms with Gasteiger partial charge < -0.3 is 0 Å². The van der Waals surface area contributed by atoms with Gasteiger partial charge in [-0.05, 0) is 17.7 Å². The molecule has 0 saturated heterocycles. The number of hydrazone groups is 1. The summed E-state index contributed by atoms with van der Waals surface area (Å²) in [6.07, 6.45) is 1.52. The Labute approximate surface area is 164 Å². The second-order valence-corrected chi connectivity index (χ2v) is 6.60. The van der Waals surface area contributed by atoms with E-state index in [0.717, 1.165) is 0 Å². The first-order valence-corrected chi connectivity index (χ1v) is 9.17. The van der Waals surface area contributed by atoms with E-state index >= 15 is 0 Å². The number of carbonyl (C=O) groups excluding carboxylic acids is 1. The first-order chi connectivity index (χ1) is 13.5. The number of carbonyl (C=O) groups is 1. The van der Waals surface area contributed by atoms with Crippen molar-refractivity contribution in [3.63, 3.8) is 0 Å². The van der Waals surface area contributed by atoms with E-state index in [1.807, 2.05) is 18.2 Å². The van der Waals surface area contributed by atoms with Gasteiger partial charge in [0.25, 0.3) is 5.69 Å². The summed E-state index contributed by atoms with van der Waals surface area (Å²) in [6.45, 7) is 0. The summed E-state index contributed by atoms with van der Waals surface area (Å²) in [5.74, 6) is 0.675. The van der Waals surface area contributed by atoms with Crippen molar-refractivity contribution >= 4 is 35.4 Å². The lowest BCUT2D eigenvalue weighted by atomic mass is 10.2. The van der Waals surface area contributed by atoms with Crippen LogP contribution >= 0.6 is 11.8 Å². The lowest BCUT2D eigenvalue weighted by Crippen LogP contribution is -2.04. The van der Waals surface area contributed by atoms with Crippen molar-refractivity contribution in [1.29, 1.82) is 0 Å². The standard InChI is InChI=1S/C18H16N6O3S/c1-23-17(20-19-11-13-7-9-15(10-8-13)24(26)27)21-22-18(23)28-12-16(25)14-5-3-2-4-6-14/h2-11H,12H2,1H3,(H,20,21)/b19-11-. The summed E-state index contributed by atoms with van der Waals surface area (Å²) in [4.78, 5) is 22.4. The van der Waals surface area contributed by atoms with Gasteiger partial charge >= 0.3 is 0 Å². The normalized spacial score (nSPS) is 10.9. The summed E-state index contributed by atoms with van der Waals surface area (Å²) >= 11 is 1.29. The van der Waals surface area contributed by atoms with E-state index < -0.39 is 4.92 Å². The minimum atomic E-state index is -0.458. The molecule has 0 amide bonds. The van der Waals surface area contributed by atoms with E-state index in [2.05, 4.69) is 20.7 Å². The number of nitro benzene ring substituents is 1. The molecule has 0 bridgehead atoms. The van der Waals surface area contributed by atoms with Crippen LogP contribution in [0.2, 0.25) is 0 Å². The minimum Gasteiger partial charge on any atom is -0.293 e. The predicted octanol–water partition coefficient (Wildman–Crippen LogP) is 3.14. The maximum absolute atomic E-state index is 12.2. The van der Waals surface area contributed by atoms with E-state index in [-0.39, 0.29) is 17.2 Å². The molecule has 28 heavy (non-hydrogen) atoms. The quantitative estimate of drug-likeness (QED) is 0.204. The van der Waals surface area contributed by atoms with Gasteiger partial charge in [-0.3, -0.25) is 19.5 Å². The first kappa shape index (κ1) is 19.2. The van der Waals surface area contributed by atoms with Gasteiger partial charge in [-0.25, -0.2) is 5.43 Å². The van der Waals surface area contributed by atoms with Crippen molar-refractivity contribution in [1.82, 2.24) is 14.8 Å². The minimum absolute atomic E-state index is 0.0132. The topological polar surface area (TPSA) is 115 Å². The number of Topliss-reactive ketones (excluding diaryl/α,β-unsaturated/α-hetero) is 1. The summed E-state index contributed by atoms with van der Waals surface area (Å²) in [7, 11) is 1.76. The number of nitro groups is 1. The smallest absolute Gasteiger partial charge is 0.269 e. The maximum atomic E-state index is 12.2. The van der Waals surface area contributed by atoms with Crippen LogP contribution in [0.15, 0.2) is 64.9 Å². The van der Waals surface area contributed by atoms with Crippen molar-refractivity contribution in [2.45, 2.75) is 5.16 Å². The Kier molecular flexibility index (Phi) is 6.12. The third-order valence-electron chi connectivity index (χ3n) is 3.75. The molecule has 10 heteroatoms. The number of aromatic nitrogens is 3. The highest BCUT2D eigenvalue weighted by atomic mass is 32.2. The van der Waals surface area contributed by atoms with E-state index in [1.165, 1.54) is 30.1 Å². The summed E-state index contributed by atoms with van der Waals surface area (Å²) in [6, 6.07) is 15.1. The number of ketones is 1. The zero-order chi connectivity index (χ0) is 19.9. The fourth-order valence-corrected chi connectivity index (χ4v) is 3.03. The Morgan fingerprint density at radius 2 is 1.93 bits per heavy atom. The zero-order valence-electron chi connectivity index (χ0n) is 14.8. The van der Waals surface area contributed by atoms with Crippen LogP contribution < -0.4 is 5.43 Å². The third kappa shape index (κ3) is 4.80. The molecular formula is C18H16N6O3S. The Balaban J connectivity index is 1.57. The SMILES string of the molecule is Cn1c(N/N=C\c2ccc([N+](=O)[O-])cc2)nnc1SCC(=O)c1ccccc1. The average Bonchev–Trinajstić information content (AvgIpc) is 3.07. The number of hydrogen-bond acceptors (Lipinski definition) is 8. The molecule has 3 rings (SSSR count). The summed E-state index contributed by atoms with van der Waals surface area (Å²) in [5, 5.41) is 23.3. The van der Waals surface area contributed by atoms with Crippen LogP contribution in [0.4, 0.5) is 11.6 Å². The van der Waals surface area contributed by atoms with E-state index in [9.17, 15) is 14.9 Å². The molecule has 1 heterocycles. The second kappa shape index (κ2) is 8.91. The monoisotopic (exact) mass is 396 g/mol. The fourth-order valence-electron chi connectivity index (χ4n) is 2.22. The van der Waals surface area contributed by atoms with Crippen LogP contribution in [-0.2, 0) is 7.05 Å². The van der Waals surface area contributed by atoms with Crippen LogP contribution in [0.1, 0.15) is 15.9 Å². The van der Waals surface area contributed by atoms with Crippen molar-refractivity contribution in [2.24, 2.45) is 12.1 Å². The van der Waals surface area contributed by atoms with Crippen molar-refractivity contribution in [2.75, 3.05) is 11.2 Å². The molecule has 0 aliphatic heterocycles. The molecule has 0 unspecified atom stereocenters. The molecule has 0 aliphatic carbocycles. The largest absolute Gasteiger partial charge is 0.293 e. The number of anilines is 1. The number of non-ortho nitro benzene ring substituents is 1. The molecule has 0 atom stereocenters. The molecule has 0 radical (unpaired) electrons. The van der Waals surface area contributed by atoms with Gasteiger partial charge in [0.05, 0.1) is 16.9 Å². The van der Waals surface area contributed by atoms with E-state index in [4.69, 9.17) is 0 Å². The highest BCUT2D eigenvalue weighted by molar-refractivity contribution is 7.99. The third-order valence-corrected chi connectivity index (χ3v) is 4.77. The van der Waals surface area contributed by atoms with E-state index in [1.54, 1.807) is 35.9 Å². The Morgan fingerprint density at radius 1 is 1.21 bits per heavy atom. The molecule has 0 spiro atoms. The lowest BCUT2D eigenvalue weighted by Gasteiger charge is -2.03. The highest BCUT2D eigenvalue weighted by Crippen LogP contribution is 2.19. The van der Waals surface area contributed by atoms with Crippen LogP contribution in [0.3, 0.4) is 0 Å². The molecule has 3 aromatic rings. The Hall–Kier alpha value is -3.53. The van der Waals surface area contributed by atoms with Gasteiger partial charge in [0.15, 0.2) is 10.9 Å². The molecular weight excluding hydrogens is 380 g/mol. The number of benzene rings is 2. The van der Waals surface area contributed by atoms with Crippen LogP contribution in [0, 0.1) is 10.1 Å². The van der Waals surface area contributed by atoms with Gasteiger partial charge in [0.1, 0.15) is 0 Å². The second-order valence-electron chi connectivity index (χ2n) is 5.66. The summed E-state index contributed by atoms with van der Waals surface area (Å²) in [5.41, 5.74) is 4.14. The van der Waals surface area contributed by atoms with Crippen LogP contribution in [-0.4, -0.2) is 37.4 Å². The molecule has 0 saturated carbocycles. The number of thioether (sulfide) groups is 1. The highest BCUT2D eigenvalue weighted by Gasteiger charge is 2.12. The Bertz CT molecular complexity index is 1000. The Morgan fingerprint density at radius 3 is 2.61 bits per heavy atom. The van der Waals surface area contributed by atoms with E-state index in [0.29, 0.717) is 22.2 Å².